The van der Waals surface area contributed by atoms with Gasteiger partial charge in [0.1, 0.15) is 0 Å². The highest BCUT2D eigenvalue weighted by atomic mass is 16.2. The summed E-state index contributed by atoms with van der Waals surface area (Å²) < 4.78 is 0. The molecule has 1 unspecified atom stereocenters. The molecule has 2 aliphatic rings. The number of carbonyl (C=O) groups is 1. The van der Waals surface area contributed by atoms with Crippen LogP contribution in [-0.2, 0) is 4.79 Å². The van der Waals surface area contributed by atoms with Crippen molar-refractivity contribution in [2.45, 2.75) is 70.9 Å². The molecule has 150 valence electrons. The number of rotatable bonds is 6. The van der Waals surface area contributed by atoms with Gasteiger partial charge in [-0.15, -0.1) is 0 Å². The van der Waals surface area contributed by atoms with Gasteiger partial charge in [-0.25, -0.2) is 0 Å². The van der Waals surface area contributed by atoms with Crippen LogP contribution in [0.15, 0.2) is 4.99 Å². The summed E-state index contributed by atoms with van der Waals surface area (Å²) in [5.41, 5.74) is 0.0149. The molecule has 1 aliphatic heterocycles. The Morgan fingerprint density at radius 2 is 1.88 bits per heavy atom. The molecule has 0 spiro atoms. The number of hydrogen-bond donors (Lipinski definition) is 2. The second kappa shape index (κ2) is 9.58. The minimum atomic E-state index is 0.0149. The van der Waals surface area contributed by atoms with E-state index in [1.54, 1.807) is 0 Å². The Morgan fingerprint density at radius 3 is 2.50 bits per heavy atom. The Balaban J connectivity index is 1.88. The summed E-state index contributed by atoms with van der Waals surface area (Å²) in [5.74, 6) is 1.51. The molecule has 2 N–H and O–H groups in total. The number of likely N-dealkylation sites (tertiary alicyclic amines) is 1. The van der Waals surface area contributed by atoms with Crippen molar-refractivity contribution in [3.63, 3.8) is 0 Å². The van der Waals surface area contributed by atoms with Gasteiger partial charge in [0.05, 0.1) is 6.54 Å². The smallest absolute Gasteiger partial charge is 0.225 e. The lowest BCUT2D eigenvalue weighted by Crippen LogP contribution is -2.47. The molecule has 1 atom stereocenters. The zero-order chi connectivity index (χ0) is 19.2. The van der Waals surface area contributed by atoms with Crippen LogP contribution in [0.1, 0.15) is 59.3 Å². The number of nitrogens with zero attached hydrogens (tertiary/aromatic N) is 3. The molecule has 0 aromatic rings. The zero-order valence-electron chi connectivity index (χ0n) is 17.5. The van der Waals surface area contributed by atoms with Gasteiger partial charge in [-0.1, -0.05) is 19.3 Å². The van der Waals surface area contributed by atoms with Crippen LogP contribution < -0.4 is 10.6 Å². The fourth-order valence-electron chi connectivity index (χ4n) is 3.61. The highest BCUT2D eigenvalue weighted by Crippen LogP contribution is 2.26. The lowest BCUT2D eigenvalue weighted by molar-refractivity contribution is -0.135. The summed E-state index contributed by atoms with van der Waals surface area (Å²) in [4.78, 5) is 21.8. The lowest BCUT2D eigenvalue weighted by Gasteiger charge is -2.31. The number of hydrogen-bond acceptors (Lipinski definition) is 3. The fourth-order valence-corrected chi connectivity index (χ4v) is 3.61. The first kappa shape index (κ1) is 21.0. The molecule has 6 nitrogen and oxygen atoms in total. The van der Waals surface area contributed by atoms with Crippen LogP contribution in [0.3, 0.4) is 0 Å². The van der Waals surface area contributed by atoms with Gasteiger partial charge < -0.3 is 20.4 Å². The Hall–Kier alpha value is -1.30. The number of amides is 1. The Kier molecular flexibility index (Phi) is 7.74. The van der Waals surface area contributed by atoms with Crippen molar-refractivity contribution in [1.82, 2.24) is 20.4 Å². The minimum absolute atomic E-state index is 0.0149. The van der Waals surface area contributed by atoms with Crippen LogP contribution in [0.25, 0.3) is 0 Å². The third kappa shape index (κ3) is 5.86. The standard InChI is InChI=1S/C20H39N5O/c1-6-21-19(22-15-20(2,3)24(4)5)23-17-12-13-25(14-17)18(26)16-10-8-7-9-11-16/h16-17H,6-15H2,1-5H3,(H2,21,22,23). The molecule has 1 amide bonds. The Labute approximate surface area is 159 Å². The van der Waals surface area contributed by atoms with E-state index in [1.165, 1.54) is 19.3 Å². The van der Waals surface area contributed by atoms with Crippen LogP contribution >= 0.6 is 0 Å². The first-order valence-electron chi connectivity index (χ1n) is 10.3. The van der Waals surface area contributed by atoms with Gasteiger partial charge in [0.15, 0.2) is 5.96 Å². The van der Waals surface area contributed by atoms with Gasteiger partial charge in [0, 0.05) is 37.1 Å². The molecule has 1 saturated heterocycles. The van der Waals surface area contributed by atoms with Crippen LogP contribution in [0.4, 0.5) is 0 Å². The molecule has 0 bridgehead atoms. The predicted molar refractivity (Wildman–Crippen MR) is 108 cm³/mol. The SMILES string of the molecule is CCNC(=NCC(C)(C)N(C)C)NC1CCN(C(=O)C2CCCCC2)C1. The van der Waals surface area contributed by atoms with E-state index in [1.807, 2.05) is 0 Å². The molecule has 1 heterocycles. The Bertz CT molecular complexity index is 483. The quantitative estimate of drug-likeness (QED) is 0.559. The average molecular weight is 366 g/mol. The van der Waals surface area contributed by atoms with Gasteiger partial charge in [0.2, 0.25) is 5.91 Å². The molecule has 2 fully saturated rings. The highest BCUT2D eigenvalue weighted by molar-refractivity contribution is 5.81. The number of likely N-dealkylation sites (N-methyl/N-ethyl adjacent to an activating group) is 1. The molecular weight excluding hydrogens is 326 g/mol. The van der Waals surface area contributed by atoms with E-state index in [0.717, 1.165) is 51.4 Å². The Morgan fingerprint density at radius 1 is 1.19 bits per heavy atom. The van der Waals surface area contributed by atoms with Crippen molar-refractivity contribution in [3.05, 3.63) is 0 Å². The number of aliphatic imine (C=N–C) groups is 1. The van der Waals surface area contributed by atoms with Crippen LogP contribution in [-0.4, -0.2) is 73.5 Å². The number of guanidine groups is 1. The summed E-state index contributed by atoms with van der Waals surface area (Å²) in [6.45, 7) is 9.72. The average Bonchev–Trinajstić information content (AvgIpc) is 3.08. The van der Waals surface area contributed by atoms with Crippen molar-refractivity contribution < 1.29 is 4.79 Å². The van der Waals surface area contributed by atoms with Crippen LogP contribution in [0, 0.1) is 5.92 Å². The maximum atomic E-state index is 12.7. The molecule has 26 heavy (non-hydrogen) atoms. The lowest BCUT2D eigenvalue weighted by atomic mass is 9.88. The van der Waals surface area contributed by atoms with Crippen molar-refractivity contribution in [2.24, 2.45) is 10.9 Å². The molecule has 0 aromatic carbocycles. The topological polar surface area (TPSA) is 60.0 Å². The fraction of sp³-hybridized carbons (Fsp3) is 0.900. The predicted octanol–water partition coefficient (Wildman–Crippen LogP) is 2.06. The molecule has 1 aliphatic carbocycles. The van der Waals surface area contributed by atoms with E-state index in [9.17, 15) is 4.79 Å². The van der Waals surface area contributed by atoms with E-state index in [0.29, 0.717) is 11.9 Å². The maximum absolute atomic E-state index is 12.7. The van der Waals surface area contributed by atoms with Gasteiger partial charge in [0.25, 0.3) is 0 Å². The third-order valence-corrected chi connectivity index (χ3v) is 5.97. The molecule has 2 rings (SSSR count). The number of carbonyl (C=O) groups excluding carboxylic acids is 1. The monoisotopic (exact) mass is 365 g/mol. The summed E-state index contributed by atoms with van der Waals surface area (Å²) in [7, 11) is 4.17. The molecule has 6 heteroatoms. The molecule has 0 aromatic heterocycles. The normalized spacial score (nSPS) is 22.8. The second-order valence-corrected chi connectivity index (χ2v) is 8.65. The third-order valence-electron chi connectivity index (χ3n) is 5.97. The van der Waals surface area contributed by atoms with Gasteiger partial charge in [-0.3, -0.25) is 9.79 Å². The summed E-state index contributed by atoms with van der Waals surface area (Å²) in [6, 6.07) is 0.294. The second-order valence-electron chi connectivity index (χ2n) is 8.65. The van der Waals surface area contributed by atoms with Crippen molar-refractivity contribution >= 4 is 11.9 Å². The van der Waals surface area contributed by atoms with E-state index in [-0.39, 0.29) is 11.5 Å². The summed E-state index contributed by atoms with van der Waals surface area (Å²) in [5, 5.41) is 6.89. The molecular formula is C20H39N5O. The number of nitrogens with one attached hydrogen (secondary N) is 2. The van der Waals surface area contributed by atoms with Gasteiger partial charge >= 0.3 is 0 Å². The highest BCUT2D eigenvalue weighted by Gasteiger charge is 2.32. The first-order valence-corrected chi connectivity index (χ1v) is 10.3. The van der Waals surface area contributed by atoms with Crippen LogP contribution in [0.5, 0.6) is 0 Å². The summed E-state index contributed by atoms with van der Waals surface area (Å²) >= 11 is 0. The van der Waals surface area contributed by atoms with E-state index < -0.39 is 0 Å². The van der Waals surface area contributed by atoms with E-state index >= 15 is 0 Å². The minimum Gasteiger partial charge on any atom is -0.357 e. The molecule has 1 saturated carbocycles. The summed E-state index contributed by atoms with van der Waals surface area (Å²) in [6.07, 6.45) is 6.88. The zero-order valence-corrected chi connectivity index (χ0v) is 17.5. The van der Waals surface area contributed by atoms with Crippen molar-refractivity contribution in [3.8, 4) is 0 Å². The van der Waals surface area contributed by atoms with Crippen LogP contribution in [0.2, 0.25) is 0 Å². The van der Waals surface area contributed by atoms with Gasteiger partial charge in [-0.05, 0) is 54.1 Å². The maximum Gasteiger partial charge on any atom is 0.225 e. The van der Waals surface area contributed by atoms with E-state index in [2.05, 4.69) is 55.3 Å². The van der Waals surface area contributed by atoms with Gasteiger partial charge in [-0.2, -0.15) is 0 Å². The van der Waals surface area contributed by atoms with E-state index in [4.69, 9.17) is 4.99 Å². The molecule has 0 radical (unpaired) electrons. The largest absolute Gasteiger partial charge is 0.357 e. The van der Waals surface area contributed by atoms with Crippen molar-refractivity contribution in [1.29, 1.82) is 0 Å². The first-order chi connectivity index (χ1) is 12.3. The van der Waals surface area contributed by atoms with Crippen molar-refractivity contribution in [2.75, 3.05) is 40.3 Å².